The van der Waals surface area contributed by atoms with Crippen LogP contribution < -0.4 is 9.47 Å². The minimum atomic E-state index is -0.169. The van der Waals surface area contributed by atoms with E-state index in [-0.39, 0.29) is 12.5 Å². The maximum absolute atomic E-state index is 12.5. The molecule has 1 heterocycles. The Morgan fingerprint density at radius 3 is 2.55 bits per heavy atom. The number of para-hydroxylation sites is 4. The third kappa shape index (κ3) is 2.53. The van der Waals surface area contributed by atoms with Crippen molar-refractivity contribution in [3.63, 3.8) is 0 Å². The highest BCUT2D eigenvalue weighted by atomic mass is 16.5. The molecule has 3 rings (SSSR count). The molecule has 22 heavy (non-hydrogen) atoms. The SMILES string of the molecule is COc1ccccc1OCC(=O)n1c(C)nc2ccccc21. The number of benzene rings is 2. The van der Waals surface area contributed by atoms with Crippen molar-refractivity contribution >= 4 is 16.9 Å². The zero-order valence-electron chi connectivity index (χ0n) is 12.4. The summed E-state index contributed by atoms with van der Waals surface area (Å²) in [4.78, 5) is 16.9. The molecule has 1 aromatic heterocycles. The summed E-state index contributed by atoms with van der Waals surface area (Å²) in [5.41, 5.74) is 1.58. The number of imidazole rings is 1. The molecule has 3 aromatic rings. The zero-order chi connectivity index (χ0) is 15.5. The Balaban J connectivity index is 1.83. The predicted molar refractivity (Wildman–Crippen MR) is 83.6 cm³/mol. The van der Waals surface area contributed by atoms with Gasteiger partial charge in [0.1, 0.15) is 5.82 Å². The molecule has 0 radical (unpaired) electrons. The van der Waals surface area contributed by atoms with Crippen molar-refractivity contribution in [2.75, 3.05) is 13.7 Å². The molecule has 0 aliphatic carbocycles. The van der Waals surface area contributed by atoms with Gasteiger partial charge in [-0.25, -0.2) is 4.98 Å². The Bertz CT molecular complexity index is 824. The van der Waals surface area contributed by atoms with Gasteiger partial charge in [-0.15, -0.1) is 0 Å². The molecule has 5 nitrogen and oxygen atoms in total. The van der Waals surface area contributed by atoms with Gasteiger partial charge in [-0.3, -0.25) is 9.36 Å². The lowest BCUT2D eigenvalue weighted by molar-refractivity contribution is 0.0838. The van der Waals surface area contributed by atoms with Crippen molar-refractivity contribution in [1.82, 2.24) is 9.55 Å². The van der Waals surface area contributed by atoms with Crippen LogP contribution in [0.1, 0.15) is 10.6 Å². The van der Waals surface area contributed by atoms with Gasteiger partial charge >= 0.3 is 0 Å². The van der Waals surface area contributed by atoms with Crippen LogP contribution in [-0.2, 0) is 0 Å². The third-order valence-corrected chi connectivity index (χ3v) is 3.40. The molecule has 0 atom stereocenters. The summed E-state index contributed by atoms with van der Waals surface area (Å²) >= 11 is 0. The van der Waals surface area contributed by atoms with Gasteiger partial charge < -0.3 is 9.47 Å². The van der Waals surface area contributed by atoms with Crippen LogP contribution in [0.4, 0.5) is 0 Å². The smallest absolute Gasteiger partial charge is 0.270 e. The van der Waals surface area contributed by atoms with Gasteiger partial charge in [0.25, 0.3) is 5.91 Å². The normalized spacial score (nSPS) is 10.6. The average molecular weight is 296 g/mol. The number of nitrogens with zero attached hydrogens (tertiary/aromatic N) is 2. The first-order chi connectivity index (χ1) is 10.7. The van der Waals surface area contributed by atoms with Crippen LogP contribution in [0, 0.1) is 6.92 Å². The molecule has 5 heteroatoms. The number of aryl methyl sites for hydroxylation is 1. The largest absolute Gasteiger partial charge is 0.493 e. The summed E-state index contributed by atoms with van der Waals surface area (Å²) in [7, 11) is 1.57. The van der Waals surface area contributed by atoms with E-state index in [0.29, 0.717) is 17.3 Å². The molecule has 0 saturated heterocycles. The maximum atomic E-state index is 12.5. The maximum Gasteiger partial charge on any atom is 0.270 e. The number of carbonyl (C=O) groups excluding carboxylic acids is 1. The first-order valence-corrected chi connectivity index (χ1v) is 6.94. The van der Waals surface area contributed by atoms with Crippen molar-refractivity contribution in [2.45, 2.75) is 6.92 Å². The highest BCUT2D eigenvalue weighted by Gasteiger charge is 2.15. The summed E-state index contributed by atoms with van der Waals surface area (Å²) in [5.74, 6) is 1.62. The minimum absolute atomic E-state index is 0.0818. The number of rotatable bonds is 4. The van der Waals surface area contributed by atoms with Gasteiger partial charge in [0.15, 0.2) is 18.1 Å². The van der Waals surface area contributed by atoms with Crippen molar-refractivity contribution < 1.29 is 14.3 Å². The van der Waals surface area contributed by atoms with Crippen molar-refractivity contribution in [2.24, 2.45) is 0 Å². The van der Waals surface area contributed by atoms with E-state index in [4.69, 9.17) is 9.47 Å². The van der Waals surface area contributed by atoms with E-state index in [1.807, 2.05) is 36.4 Å². The van der Waals surface area contributed by atoms with Crippen LogP contribution in [0.3, 0.4) is 0 Å². The molecule has 0 bridgehead atoms. The molecular formula is C17H16N2O3. The second-order valence-corrected chi connectivity index (χ2v) is 4.82. The van der Waals surface area contributed by atoms with E-state index in [9.17, 15) is 4.79 Å². The fourth-order valence-corrected chi connectivity index (χ4v) is 2.40. The highest BCUT2D eigenvalue weighted by molar-refractivity contribution is 5.91. The Kier molecular flexibility index (Phi) is 3.78. The van der Waals surface area contributed by atoms with Gasteiger partial charge in [-0.2, -0.15) is 0 Å². The Morgan fingerprint density at radius 2 is 1.77 bits per heavy atom. The summed E-state index contributed by atoms with van der Waals surface area (Å²) < 4.78 is 12.4. The minimum Gasteiger partial charge on any atom is -0.493 e. The molecule has 0 amide bonds. The Hall–Kier alpha value is -2.82. The molecule has 0 saturated carbocycles. The topological polar surface area (TPSA) is 53.4 Å². The lowest BCUT2D eigenvalue weighted by Gasteiger charge is -2.10. The van der Waals surface area contributed by atoms with Gasteiger partial charge in [-0.05, 0) is 31.2 Å². The molecule has 0 N–H and O–H groups in total. The van der Waals surface area contributed by atoms with Crippen molar-refractivity contribution in [1.29, 1.82) is 0 Å². The van der Waals surface area contributed by atoms with Gasteiger partial charge in [0, 0.05) is 0 Å². The lowest BCUT2D eigenvalue weighted by atomic mass is 10.3. The van der Waals surface area contributed by atoms with Crippen LogP contribution in [0.2, 0.25) is 0 Å². The standard InChI is InChI=1S/C17H16N2O3/c1-12-18-13-7-3-4-8-14(13)19(12)17(20)11-22-16-10-6-5-9-15(16)21-2/h3-10H,11H2,1-2H3. The molecule has 0 fully saturated rings. The van der Waals surface area contributed by atoms with E-state index in [1.54, 1.807) is 30.7 Å². The number of hydrogen-bond donors (Lipinski definition) is 0. The number of fused-ring (bicyclic) bond motifs is 1. The molecule has 0 spiro atoms. The van der Waals surface area contributed by atoms with Crippen molar-refractivity contribution in [3.8, 4) is 11.5 Å². The zero-order valence-corrected chi connectivity index (χ0v) is 12.4. The number of methoxy groups -OCH3 is 1. The molecule has 0 unspecified atom stereocenters. The van der Waals surface area contributed by atoms with E-state index in [1.165, 1.54) is 0 Å². The van der Waals surface area contributed by atoms with Crippen LogP contribution in [0.15, 0.2) is 48.5 Å². The summed E-state index contributed by atoms with van der Waals surface area (Å²) in [6.07, 6.45) is 0. The molecule has 2 aromatic carbocycles. The fourth-order valence-electron chi connectivity index (χ4n) is 2.40. The molecule has 0 aliphatic heterocycles. The summed E-state index contributed by atoms with van der Waals surface area (Å²) in [6, 6.07) is 14.8. The van der Waals surface area contributed by atoms with E-state index >= 15 is 0 Å². The van der Waals surface area contributed by atoms with Crippen molar-refractivity contribution in [3.05, 3.63) is 54.4 Å². The summed E-state index contributed by atoms with van der Waals surface area (Å²) in [5, 5.41) is 0. The highest BCUT2D eigenvalue weighted by Crippen LogP contribution is 2.25. The number of aromatic nitrogens is 2. The molecular weight excluding hydrogens is 280 g/mol. The van der Waals surface area contributed by atoms with Crippen LogP contribution in [0.5, 0.6) is 11.5 Å². The van der Waals surface area contributed by atoms with Crippen LogP contribution in [-0.4, -0.2) is 29.2 Å². The average Bonchev–Trinajstić information content (AvgIpc) is 2.88. The molecule has 0 aliphatic rings. The first-order valence-electron chi connectivity index (χ1n) is 6.94. The fraction of sp³-hybridized carbons (Fsp3) is 0.176. The van der Waals surface area contributed by atoms with Gasteiger partial charge in [0.05, 0.1) is 18.1 Å². The van der Waals surface area contributed by atoms with Gasteiger partial charge in [-0.1, -0.05) is 24.3 Å². The third-order valence-electron chi connectivity index (χ3n) is 3.40. The summed E-state index contributed by atoms with van der Waals surface area (Å²) in [6.45, 7) is 1.72. The number of hydrogen-bond acceptors (Lipinski definition) is 4. The van der Waals surface area contributed by atoms with E-state index < -0.39 is 0 Å². The van der Waals surface area contributed by atoms with E-state index in [0.717, 1.165) is 11.0 Å². The van der Waals surface area contributed by atoms with Gasteiger partial charge in [0.2, 0.25) is 0 Å². The van der Waals surface area contributed by atoms with Crippen LogP contribution >= 0.6 is 0 Å². The lowest BCUT2D eigenvalue weighted by Crippen LogP contribution is -2.20. The predicted octanol–water partition coefficient (Wildman–Crippen LogP) is 3.07. The quantitative estimate of drug-likeness (QED) is 0.742. The first kappa shape index (κ1) is 14.1. The number of ether oxygens (including phenoxy) is 2. The second-order valence-electron chi connectivity index (χ2n) is 4.82. The second kappa shape index (κ2) is 5.89. The monoisotopic (exact) mass is 296 g/mol. The van der Waals surface area contributed by atoms with E-state index in [2.05, 4.69) is 4.98 Å². The molecule has 112 valence electrons. The van der Waals surface area contributed by atoms with Crippen LogP contribution in [0.25, 0.3) is 11.0 Å². The Labute approximate surface area is 128 Å². The number of carbonyl (C=O) groups is 1. The Morgan fingerprint density at radius 1 is 1.09 bits per heavy atom.